The van der Waals surface area contributed by atoms with E-state index < -0.39 is 0 Å². The first-order chi connectivity index (χ1) is 4.43. The van der Waals surface area contributed by atoms with E-state index in [9.17, 15) is 0 Å². The molecule has 1 aromatic rings. The van der Waals surface area contributed by atoms with Gasteiger partial charge in [-0.2, -0.15) is 11.8 Å². The summed E-state index contributed by atoms with van der Waals surface area (Å²) in [5.74, 6) is 0. The SMILES string of the molecule is CC.CSc1nn[c-]o1.[K+]. The molecule has 0 saturated carbocycles. The van der Waals surface area contributed by atoms with E-state index in [1.165, 1.54) is 11.8 Å². The molecule has 0 amide bonds. The van der Waals surface area contributed by atoms with Crippen molar-refractivity contribution in [2.24, 2.45) is 0 Å². The van der Waals surface area contributed by atoms with Crippen molar-refractivity contribution in [3.05, 3.63) is 6.39 Å². The smallest absolute Gasteiger partial charge is 0.605 e. The van der Waals surface area contributed by atoms with Crippen LogP contribution in [0.2, 0.25) is 0 Å². The Morgan fingerprint density at radius 2 is 2.10 bits per heavy atom. The molecule has 0 N–H and O–H groups in total. The van der Waals surface area contributed by atoms with Crippen LogP contribution in [0.4, 0.5) is 0 Å². The Bertz CT molecular complexity index is 134. The Morgan fingerprint density at radius 3 is 2.30 bits per heavy atom. The number of aromatic nitrogens is 2. The maximum atomic E-state index is 4.60. The van der Waals surface area contributed by atoms with Crippen LogP contribution in [0.1, 0.15) is 13.8 Å². The van der Waals surface area contributed by atoms with Crippen molar-refractivity contribution in [1.82, 2.24) is 10.2 Å². The molecule has 0 aliphatic rings. The van der Waals surface area contributed by atoms with Gasteiger partial charge in [-0.15, -0.1) is 0 Å². The van der Waals surface area contributed by atoms with Gasteiger partial charge in [0.15, 0.2) is 0 Å². The number of hydrogen-bond donors (Lipinski definition) is 0. The van der Waals surface area contributed by atoms with Crippen molar-refractivity contribution >= 4 is 11.8 Å². The average Bonchev–Trinajstić information content (AvgIpc) is 2.43. The van der Waals surface area contributed by atoms with Crippen molar-refractivity contribution in [2.45, 2.75) is 19.1 Å². The fourth-order valence-electron chi connectivity index (χ4n) is 0.224. The standard InChI is InChI=1S/C3H3N2OS.C2H6.K/c1-7-3-5-4-2-6-3;1-2;/h1H3;1-2H3;/q-1;;+1. The van der Waals surface area contributed by atoms with Gasteiger partial charge < -0.3 is 4.42 Å². The second kappa shape index (κ2) is 10.1. The van der Waals surface area contributed by atoms with E-state index in [1.54, 1.807) is 0 Å². The van der Waals surface area contributed by atoms with Gasteiger partial charge in [-0.05, 0) is 6.26 Å². The van der Waals surface area contributed by atoms with Gasteiger partial charge in [0.2, 0.25) is 0 Å². The fraction of sp³-hybridized carbons (Fsp3) is 0.600. The van der Waals surface area contributed by atoms with Crippen LogP contribution in [0.3, 0.4) is 0 Å². The summed E-state index contributed by atoms with van der Waals surface area (Å²) < 4.78 is 4.60. The normalized spacial score (nSPS) is 7.10. The maximum absolute atomic E-state index is 4.60. The minimum atomic E-state index is 0. The summed E-state index contributed by atoms with van der Waals surface area (Å²) in [5.41, 5.74) is 0. The molecule has 0 bridgehead atoms. The molecule has 0 aromatic carbocycles. The third-order valence-corrected chi connectivity index (χ3v) is 0.994. The zero-order chi connectivity index (χ0) is 7.11. The van der Waals surface area contributed by atoms with Crippen LogP contribution in [-0.2, 0) is 0 Å². The summed E-state index contributed by atoms with van der Waals surface area (Å²) in [6.07, 6.45) is 4.09. The molecule has 0 radical (unpaired) electrons. The van der Waals surface area contributed by atoms with Gasteiger partial charge in [0, 0.05) is 0 Å². The fourth-order valence-corrected chi connectivity index (χ4v) is 0.467. The van der Waals surface area contributed by atoms with Gasteiger partial charge in [-0.25, -0.2) is 10.2 Å². The third-order valence-electron chi connectivity index (χ3n) is 0.480. The van der Waals surface area contributed by atoms with E-state index in [0.29, 0.717) is 5.22 Å². The van der Waals surface area contributed by atoms with Crippen LogP contribution in [0.15, 0.2) is 9.64 Å². The number of nitrogens with zero attached hydrogens (tertiary/aromatic N) is 2. The first-order valence-electron chi connectivity index (χ1n) is 2.67. The molecule has 1 rings (SSSR count). The zero-order valence-electron chi connectivity index (χ0n) is 6.71. The second-order valence-electron chi connectivity index (χ2n) is 0.863. The molecule has 10 heavy (non-hydrogen) atoms. The molecule has 52 valence electrons. The van der Waals surface area contributed by atoms with Crippen molar-refractivity contribution in [2.75, 3.05) is 6.26 Å². The molecule has 0 atom stereocenters. The van der Waals surface area contributed by atoms with E-state index in [4.69, 9.17) is 0 Å². The minimum Gasteiger partial charge on any atom is -0.605 e. The molecule has 0 saturated heterocycles. The van der Waals surface area contributed by atoms with Crippen LogP contribution >= 0.6 is 11.8 Å². The Kier molecular flexibility index (Phi) is 13.9. The molecule has 0 fully saturated rings. The van der Waals surface area contributed by atoms with Crippen LogP contribution in [0.5, 0.6) is 0 Å². The van der Waals surface area contributed by atoms with Gasteiger partial charge in [-0.1, -0.05) is 13.8 Å². The quantitative estimate of drug-likeness (QED) is 0.306. The summed E-state index contributed by atoms with van der Waals surface area (Å²) in [6.45, 7) is 4.00. The number of thioether (sulfide) groups is 1. The molecule has 1 heterocycles. The Hall–Kier alpha value is 1.13. The van der Waals surface area contributed by atoms with Gasteiger partial charge in [0.05, 0.1) is 6.39 Å². The molecule has 0 spiro atoms. The van der Waals surface area contributed by atoms with Crippen molar-refractivity contribution < 1.29 is 55.8 Å². The number of hydrogen-bond acceptors (Lipinski definition) is 4. The topological polar surface area (TPSA) is 38.9 Å². The average molecular weight is 184 g/mol. The Morgan fingerprint density at radius 1 is 1.50 bits per heavy atom. The van der Waals surface area contributed by atoms with Crippen LogP contribution in [-0.4, -0.2) is 16.5 Å². The minimum absolute atomic E-state index is 0. The first-order valence-corrected chi connectivity index (χ1v) is 3.89. The Labute approximate surface area is 108 Å². The van der Waals surface area contributed by atoms with E-state index in [2.05, 4.69) is 21.0 Å². The van der Waals surface area contributed by atoms with Gasteiger partial charge >= 0.3 is 51.4 Å². The summed E-state index contributed by atoms with van der Waals surface area (Å²) in [7, 11) is 0. The summed E-state index contributed by atoms with van der Waals surface area (Å²) in [4.78, 5) is 0. The number of rotatable bonds is 1. The summed E-state index contributed by atoms with van der Waals surface area (Å²) in [6, 6.07) is 0. The predicted molar refractivity (Wildman–Crippen MR) is 36.3 cm³/mol. The first kappa shape index (κ1) is 13.7. The molecule has 3 nitrogen and oxygen atoms in total. The molecule has 5 heteroatoms. The molecule has 0 aliphatic carbocycles. The van der Waals surface area contributed by atoms with E-state index >= 15 is 0 Å². The molecule has 0 aliphatic heterocycles. The predicted octanol–water partition coefficient (Wildman–Crippen LogP) is -1.38. The van der Waals surface area contributed by atoms with Crippen LogP contribution in [0, 0.1) is 6.39 Å². The van der Waals surface area contributed by atoms with Gasteiger partial charge in [0.25, 0.3) is 0 Å². The molecular weight excluding hydrogens is 175 g/mol. The van der Waals surface area contributed by atoms with Gasteiger partial charge in [-0.3, -0.25) is 0 Å². The van der Waals surface area contributed by atoms with Gasteiger partial charge in [0.1, 0.15) is 5.22 Å². The summed E-state index contributed by atoms with van der Waals surface area (Å²) >= 11 is 1.40. The Balaban J connectivity index is 0. The maximum Gasteiger partial charge on any atom is 1.00 e. The second-order valence-corrected chi connectivity index (χ2v) is 1.62. The van der Waals surface area contributed by atoms with Crippen molar-refractivity contribution in [3.8, 4) is 0 Å². The summed E-state index contributed by atoms with van der Waals surface area (Å²) in [5, 5.41) is 7.41. The van der Waals surface area contributed by atoms with Crippen LogP contribution in [0.25, 0.3) is 0 Å². The monoisotopic (exact) mass is 184 g/mol. The third kappa shape index (κ3) is 5.88. The molecule has 1 aromatic heterocycles. The van der Waals surface area contributed by atoms with Crippen molar-refractivity contribution in [1.29, 1.82) is 0 Å². The zero-order valence-corrected chi connectivity index (χ0v) is 10.7. The molecular formula is C5H9KN2OS. The van der Waals surface area contributed by atoms with E-state index in [1.807, 2.05) is 20.1 Å². The van der Waals surface area contributed by atoms with Crippen LogP contribution < -0.4 is 51.4 Å². The van der Waals surface area contributed by atoms with E-state index in [0.717, 1.165) is 0 Å². The molecule has 0 unspecified atom stereocenters. The van der Waals surface area contributed by atoms with Crippen molar-refractivity contribution in [3.63, 3.8) is 0 Å². The largest absolute Gasteiger partial charge is 1.00 e. The van der Waals surface area contributed by atoms with E-state index in [-0.39, 0.29) is 51.4 Å².